The van der Waals surface area contributed by atoms with Gasteiger partial charge in [-0.05, 0) is 36.4 Å². The molecule has 1 amide bonds. The van der Waals surface area contributed by atoms with Crippen LogP contribution in [-0.2, 0) is 12.1 Å². The molecule has 1 aromatic heterocycles. The summed E-state index contributed by atoms with van der Waals surface area (Å²) in [5, 5.41) is 1.70. The van der Waals surface area contributed by atoms with Crippen molar-refractivity contribution in [2.75, 3.05) is 6.54 Å². The van der Waals surface area contributed by atoms with Crippen LogP contribution >= 0.6 is 39.1 Å². The largest absolute Gasteiger partial charge is 0.455 e. The first-order chi connectivity index (χ1) is 15.4. The number of ether oxygens (including phenoxy) is 1. The van der Waals surface area contributed by atoms with Crippen LogP contribution in [0.3, 0.4) is 0 Å². The number of aromatic nitrogens is 1. The molecule has 174 valence electrons. The monoisotopic (exact) mass is 568 g/mol. The summed E-state index contributed by atoms with van der Waals surface area (Å²) < 4.78 is 73.9. The van der Waals surface area contributed by atoms with E-state index in [1.54, 1.807) is 0 Å². The van der Waals surface area contributed by atoms with Gasteiger partial charge in [-0.25, -0.2) is 4.98 Å². The number of amides is 1. The molecule has 0 atom stereocenters. The van der Waals surface area contributed by atoms with Gasteiger partial charge in [0, 0.05) is 10.0 Å². The Morgan fingerprint density at radius 3 is 2.45 bits per heavy atom. The maximum atomic E-state index is 14.6. The summed E-state index contributed by atoms with van der Waals surface area (Å²) >= 11 is 14.8. The number of rotatable bonds is 6. The highest BCUT2D eigenvalue weighted by molar-refractivity contribution is 9.10. The molecule has 0 aliphatic carbocycles. The molecule has 4 nitrogen and oxygen atoms in total. The third-order valence-electron chi connectivity index (χ3n) is 4.26. The highest BCUT2D eigenvalue weighted by Gasteiger charge is 2.35. The zero-order valence-electron chi connectivity index (χ0n) is 16.2. The van der Waals surface area contributed by atoms with Gasteiger partial charge >= 0.3 is 6.18 Å². The van der Waals surface area contributed by atoms with E-state index in [1.165, 1.54) is 18.2 Å². The second kappa shape index (κ2) is 9.82. The molecule has 0 spiro atoms. The van der Waals surface area contributed by atoms with Crippen molar-refractivity contribution in [3.63, 3.8) is 0 Å². The first-order valence-electron chi connectivity index (χ1n) is 8.99. The van der Waals surface area contributed by atoms with Gasteiger partial charge < -0.3 is 10.1 Å². The first-order valence-corrected chi connectivity index (χ1v) is 10.5. The van der Waals surface area contributed by atoms with Crippen molar-refractivity contribution in [3.8, 4) is 11.5 Å². The number of hydrogen-bond acceptors (Lipinski definition) is 3. The first kappa shape index (κ1) is 25.2. The Morgan fingerprint density at radius 2 is 1.79 bits per heavy atom. The van der Waals surface area contributed by atoms with Crippen molar-refractivity contribution < 1.29 is 31.5 Å². The van der Waals surface area contributed by atoms with E-state index in [0.29, 0.717) is 4.47 Å². The lowest BCUT2D eigenvalue weighted by Gasteiger charge is -2.19. The van der Waals surface area contributed by atoms with Gasteiger partial charge in [0.2, 0.25) is 0 Å². The fourth-order valence-corrected chi connectivity index (χ4v) is 3.68. The smallest absolute Gasteiger partial charge is 0.416 e. The van der Waals surface area contributed by atoms with E-state index in [9.17, 15) is 26.7 Å². The maximum Gasteiger partial charge on any atom is 0.416 e. The summed E-state index contributed by atoms with van der Waals surface area (Å²) in [5.74, 6) is -5.04. The van der Waals surface area contributed by atoms with E-state index in [0.717, 1.165) is 36.5 Å². The van der Waals surface area contributed by atoms with Crippen LogP contribution in [0.25, 0.3) is 0 Å². The number of nitrogens with one attached hydrogen (secondary N) is 1. The highest BCUT2D eigenvalue weighted by atomic mass is 79.9. The Kier molecular flexibility index (Phi) is 7.50. The molecule has 0 aliphatic heterocycles. The van der Waals surface area contributed by atoms with Gasteiger partial charge in [0.15, 0.2) is 5.75 Å². The van der Waals surface area contributed by atoms with Crippen molar-refractivity contribution >= 4 is 45.0 Å². The Bertz CT molecular complexity index is 1190. The predicted octanol–water partition coefficient (Wildman–Crippen LogP) is 7.48. The molecule has 0 fully saturated rings. The van der Waals surface area contributed by atoms with Crippen LogP contribution in [-0.4, -0.2) is 17.4 Å². The van der Waals surface area contributed by atoms with E-state index in [4.69, 9.17) is 27.9 Å². The number of hydrogen-bond donors (Lipinski definition) is 1. The van der Waals surface area contributed by atoms with E-state index < -0.39 is 35.7 Å². The van der Waals surface area contributed by atoms with Crippen LogP contribution in [0.15, 0.2) is 59.2 Å². The molecule has 0 bridgehead atoms. The Hall–Kier alpha value is -2.43. The number of carbonyl (C=O) groups excluding carboxylic acids is 1. The fourth-order valence-electron chi connectivity index (χ4n) is 2.71. The summed E-state index contributed by atoms with van der Waals surface area (Å²) in [7, 11) is 0. The van der Waals surface area contributed by atoms with E-state index in [1.807, 2.05) is 0 Å². The number of nitrogens with zero attached hydrogens (tertiary/aromatic N) is 1. The predicted molar refractivity (Wildman–Crippen MR) is 116 cm³/mol. The number of alkyl halides is 5. The number of halogens is 8. The Labute approximate surface area is 202 Å². The van der Waals surface area contributed by atoms with Gasteiger partial charge in [0.05, 0.1) is 28.9 Å². The second-order valence-corrected chi connectivity index (χ2v) is 8.35. The number of pyridine rings is 1. The summed E-state index contributed by atoms with van der Waals surface area (Å²) in [4.78, 5) is 16.4. The minimum Gasteiger partial charge on any atom is -0.455 e. The standard InChI is InChI=1S/C21H12BrCl2F5N2O2/c22-12-4-5-15(16(23)7-12)20(25,26)10-31-19(32)14-8-18(24)30-9-17(14)33-13-3-1-2-11(6-13)21(27,28)29/h1-9H,10H2,(H,31,32). The van der Waals surface area contributed by atoms with Crippen LogP contribution in [0.1, 0.15) is 21.5 Å². The van der Waals surface area contributed by atoms with Gasteiger partial charge in [-0.2, -0.15) is 22.0 Å². The lowest BCUT2D eigenvalue weighted by Crippen LogP contribution is -2.35. The van der Waals surface area contributed by atoms with Crippen LogP contribution in [0.4, 0.5) is 22.0 Å². The van der Waals surface area contributed by atoms with Gasteiger partial charge in [-0.3, -0.25) is 4.79 Å². The van der Waals surface area contributed by atoms with E-state index >= 15 is 0 Å². The molecule has 0 saturated carbocycles. The molecule has 0 radical (unpaired) electrons. The van der Waals surface area contributed by atoms with Gasteiger partial charge in [0.1, 0.15) is 10.9 Å². The molecule has 3 rings (SSSR count). The van der Waals surface area contributed by atoms with Crippen molar-refractivity contribution in [1.82, 2.24) is 10.3 Å². The zero-order valence-corrected chi connectivity index (χ0v) is 19.3. The number of benzene rings is 2. The van der Waals surface area contributed by atoms with E-state index in [-0.39, 0.29) is 27.2 Å². The molecule has 12 heteroatoms. The van der Waals surface area contributed by atoms with Crippen LogP contribution < -0.4 is 10.1 Å². The van der Waals surface area contributed by atoms with Crippen molar-refractivity contribution in [2.45, 2.75) is 12.1 Å². The molecule has 0 aliphatic rings. The Balaban J connectivity index is 1.82. The summed E-state index contributed by atoms with van der Waals surface area (Å²) in [6.07, 6.45) is -3.61. The molecule has 33 heavy (non-hydrogen) atoms. The maximum absolute atomic E-state index is 14.6. The molecule has 2 aromatic carbocycles. The average Bonchev–Trinajstić information content (AvgIpc) is 2.72. The highest BCUT2D eigenvalue weighted by Crippen LogP contribution is 2.36. The van der Waals surface area contributed by atoms with Crippen molar-refractivity contribution in [1.29, 1.82) is 0 Å². The SMILES string of the molecule is O=C(NCC(F)(F)c1ccc(Br)cc1Cl)c1cc(Cl)ncc1Oc1cccc(C(F)(F)F)c1. The molecule has 0 saturated heterocycles. The molecule has 3 aromatic rings. The van der Waals surface area contributed by atoms with Gasteiger partial charge in [-0.15, -0.1) is 0 Å². The summed E-state index contributed by atoms with van der Waals surface area (Å²) in [6.45, 7) is -1.11. The fraction of sp³-hybridized carbons (Fsp3) is 0.143. The lowest BCUT2D eigenvalue weighted by atomic mass is 10.1. The molecule has 0 unspecified atom stereocenters. The van der Waals surface area contributed by atoms with Crippen LogP contribution in [0, 0.1) is 0 Å². The summed E-state index contributed by atoms with van der Waals surface area (Å²) in [5.41, 5.74) is -1.77. The van der Waals surface area contributed by atoms with Gasteiger partial charge in [-0.1, -0.05) is 51.3 Å². The summed E-state index contributed by atoms with van der Waals surface area (Å²) in [6, 6.07) is 8.74. The third kappa shape index (κ3) is 6.33. The minimum atomic E-state index is -4.61. The number of carbonyl (C=O) groups is 1. The third-order valence-corrected chi connectivity index (χ3v) is 5.28. The second-order valence-electron chi connectivity index (χ2n) is 6.64. The minimum absolute atomic E-state index is 0.153. The molecular weight excluding hydrogens is 558 g/mol. The average molecular weight is 570 g/mol. The Morgan fingerprint density at radius 1 is 1.06 bits per heavy atom. The zero-order chi connectivity index (χ0) is 24.4. The topological polar surface area (TPSA) is 51.2 Å². The molecule has 1 heterocycles. The molecule has 1 N–H and O–H groups in total. The van der Waals surface area contributed by atoms with Crippen molar-refractivity contribution in [2.24, 2.45) is 0 Å². The molecular formula is C21H12BrCl2F5N2O2. The van der Waals surface area contributed by atoms with Crippen LogP contribution in [0.2, 0.25) is 10.2 Å². The van der Waals surface area contributed by atoms with Gasteiger partial charge in [0.25, 0.3) is 11.8 Å². The van der Waals surface area contributed by atoms with Crippen molar-refractivity contribution in [3.05, 3.63) is 86.1 Å². The normalized spacial score (nSPS) is 11.9. The van der Waals surface area contributed by atoms with E-state index in [2.05, 4.69) is 26.2 Å². The van der Waals surface area contributed by atoms with Crippen LogP contribution in [0.5, 0.6) is 11.5 Å². The quantitative estimate of drug-likeness (QED) is 0.247. The lowest BCUT2D eigenvalue weighted by molar-refractivity contribution is -0.137.